The van der Waals surface area contributed by atoms with Gasteiger partial charge in [-0.2, -0.15) is 5.10 Å². The minimum absolute atomic E-state index is 0.00416. The van der Waals surface area contributed by atoms with Gasteiger partial charge < -0.3 is 16.0 Å². The van der Waals surface area contributed by atoms with Gasteiger partial charge >= 0.3 is 6.03 Å². The van der Waals surface area contributed by atoms with Crippen LogP contribution in [0.25, 0.3) is 11.4 Å². The van der Waals surface area contributed by atoms with Crippen LogP contribution in [0.15, 0.2) is 48.5 Å². The Kier molecular flexibility index (Phi) is 8.73. The van der Waals surface area contributed by atoms with Crippen LogP contribution >= 0.6 is 0 Å². The van der Waals surface area contributed by atoms with E-state index in [1.807, 2.05) is 51.1 Å². The number of amides is 2. The largest absolute Gasteiger partial charge is 0.341 e. The summed E-state index contributed by atoms with van der Waals surface area (Å²) in [7, 11) is 1.51. The van der Waals surface area contributed by atoms with Crippen LogP contribution in [0.2, 0.25) is 0 Å². The number of hydrogen-bond acceptors (Lipinski definition) is 4. The lowest BCUT2D eigenvalue weighted by Gasteiger charge is -2.39. The van der Waals surface area contributed by atoms with Gasteiger partial charge in [-0.25, -0.2) is 27.6 Å². The molecule has 3 N–H and O–H groups in total. The van der Waals surface area contributed by atoms with Gasteiger partial charge in [-0.3, -0.25) is 0 Å². The quantitative estimate of drug-likeness (QED) is 0.444. The van der Waals surface area contributed by atoms with E-state index in [0.717, 1.165) is 23.8 Å². The Morgan fingerprint density at radius 3 is 2.47 bits per heavy atom. The number of nitrogens with zero attached hydrogens (tertiary/aromatic N) is 4. The monoisotopic (exact) mass is 502 g/mol. The molecule has 2 amide bonds. The average molecular weight is 503 g/mol. The number of benzene rings is 2. The summed E-state index contributed by atoms with van der Waals surface area (Å²) in [6.07, 6.45) is 0.231. The van der Waals surface area contributed by atoms with E-state index in [-0.39, 0.29) is 30.9 Å². The molecule has 0 aliphatic carbocycles. The number of urea groups is 1. The fraction of sp³-hybridized carbons (Fsp3) is 0.423. The van der Waals surface area contributed by atoms with Gasteiger partial charge in [0.05, 0.1) is 18.2 Å². The van der Waals surface area contributed by atoms with Crippen molar-refractivity contribution in [2.75, 3.05) is 20.3 Å². The van der Waals surface area contributed by atoms with E-state index in [4.69, 9.17) is 5.73 Å². The SMILES string of the molecule is CNC(=O)N(CC[C@H](N)CF)[C@@H](c1nc(-c2cc(F)ccc2F)nn1Cc1ccccc1)C(C)(C)C. The number of carbonyl (C=O) groups is 1. The molecule has 194 valence electrons. The molecule has 0 saturated carbocycles. The Morgan fingerprint density at radius 2 is 1.86 bits per heavy atom. The predicted octanol–water partition coefficient (Wildman–Crippen LogP) is 4.69. The number of halogens is 3. The zero-order chi connectivity index (χ0) is 26.5. The van der Waals surface area contributed by atoms with Crippen LogP contribution in [0.3, 0.4) is 0 Å². The number of alkyl halides is 1. The van der Waals surface area contributed by atoms with Gasteiger partial charge in [0.25, 0.3) is 0 Å². The molecule has 1 aromatic heterocycles. The molecule has 7 nitrogen and oxygen atoms in total. The van der Waals surface area contributed by atoms with Crippen LogP contribution in [0.1, 0.15) is 44.6 Å². The third-order valence-corrected chi connectivity index (χ3v) is 5.84. The van der Waals surface area contributed by atoms with E-state index in [0.29, 0.717) is 5.82 Å². The molecule has 0 aliphatic rings. The second-order valence-electron chi connectivity index (χ2n) is 9.78. The predicted molar refractivity (Wildman–Crippen MR) is 133 cm³/mol. The lowest BCUT2D eigenvalue weighted by molar-refractivity contribution is 0.105. The fourth-order valence-corrected chi connectivity index (χ4v) is 4.08. The Balaban J connectivity index is 2.18. The summed E-state index contributed by atoms with van der Waals surface area (Å²) in [6, 6.07) is 10.8. The van der Waals surface area contributed by atoms with Gasteiger partial charge in [-0.05, 0) is 35.6 Å². The van der Waals surface area contributed by atoms with E-state index in [1.54, 1.807) is 9.58 Å². The van der Waals surface area contributed by atoms with Gasteiger partial charge in [0, 0.05) is 19.6 Å². The van der Waals surface area contributed by atoms with Crippen molar-refractivity contribution in [3.63, 3.8) is 0 Å². The van der Waals surface area contributed by atoms with Gasteiger partial charge in [0.1, 0.15) is 18.3 Å². The number of aromatic nitrogens is 3. The number of hydrogen-bond donors (Lipinski definition) is 2. The Morgan fingerprint density at radius 1 is 1.17 bits per heavy atom. The smallest absolute Gasteiger partial charge is 0.317 e. The topological polar surface area (TPSA) is 89.1 Å². The summed E-state index contributed by atoms with van der Waals surface area (Å²) in [4.78, 5) is 19.2. The van der Waals surface area contributed by atoms with E-state index in [2.05, 4.69) is 15.4 Å². The van der Waals surface area contributed by atoms with Crippen molar-refractivity contribution in [1.82, 2.24) is 25.0 Å². The molecule has 36 heavy (non-hydrogen) atoms. The van der Waals surface area contributed by atoms with Crippen molar-refractivity contribution >= 4 is 6.03 Å². The van der Waals surface area contributed by atoms with E-state index >= 15 is 0 Å². The van der Waals surface area contributed by atoms with Crippen molar-refractivity contribution in [3.05, 3.63) is 71.6 Å². The molecule has 0 spiro atoms. The molecular weight excluding hydrogens is 469 g/mol. The number of nitrogens with two attached hydrogens (primary N) is 1. The molecule has 0 fully saturated rings. The molecule has 2 atom stereocenters. The van der Waals surface area contributed by atoms with Gasteiger partial charge in [-0.15, -0.1) is 0 Å². The second kappa shape index (κ2) is 11.6. The van der Waals surface area contributed by atoms with Gasteiger partial charge in [-0.1, -0.05) is 51.1 Å². The Hall–Kier alpha value is -3.40. The number of carbonyl (C=O) groups excluding carboxylic acids is 1. The van der Waals surface area contributed by atoms with E-state index in [1.165, 1.54) is 7.05 Å². The third kappa shape index (κ3) is 6.42. The van der Waals surface area contributed by atoms with Crippen molar-refractivity contribution in [2.24, 2.45) is 11.1 Å². The van der Waals surface area contributed by atoms with E-state index in [9.17, 15) is 18.0 Å². The maximum absolute atomic E-state index is 14.7. The molecule has 10 heteroatoms. The maximum Gasteiger partial charge on any atom is 0.317 e. The Bertz CT molecular complexity index is 1160. The summed E-state index contributed by atoms with van der Waals surface area (Å²) in [5.41, 5.74) is 6.07. The average Bonchev–Trinajstić information content (AvgIpc) is 3.24. The molecular formula is C26H33F3N6O. The van der Waals surface area contributed by atoms with Crippen LogP contribution in [0.5, 0.6) is 0 Å². The Labute approximate surface area is 209 Å². The van der Waals surface area contributed by atoms with Gasteiger partial charge in [0.15, 0.2) is 11.6 Å². The summed E-state index contributed by atoms with van der Waals surface area (Å²) in [6.45, 7) is 5.55. The maximum atomic E-state index is 14.7. The van der Waals surface area contributed by atoms with Gasteiger partial charge in [0.2, 0.25) is 0 Å². The van der Waals surface area contributed by atoms with Crippen molar-refractivity contribution < 1.29 is 18.0 Å². The van der Waals surface area contributed by atoms with Crippen molar-refractivity contribution in [1.29, 1.82) is 0 Å². The standard InChI is InChI=1S/C26H33F3N6O/c1-26(2,3)22(34(25(36)31-4)13-12-19(30)15-27)24-32-23(20-14-18(28)10-11-21(20)29)33-35(24)16-17-8-6-5-7-9-17/h5-11,14,19,22H,12-13,15-16,30H2,1-4H3,(H,31,36)/t19-,22-/m0/s1. The lowest BCUT2D eigenvalue weighted by Crippen LogP contribution is -2.47. The molecule has 0 unspecified atom stereocenters. The summed E-state index contributed by atoms with van der Waals surface area (Å²) in [5, 5.41) is 7.19. The molecule has 3 aromatic rings. The normalized spacial score (nSPS) is 13.3. The van der Waals surface area contributed by atoms with Crippen LogP contribution < -0.4 is 11.1 Å². The first-order chi connectivity index (χ1) is 17.0. The first-order valence-corrected chi connectivity index (χ1v) is 11.8. The molecule has 3 rings (SSSR count). The summed E-state index contributed by atoms with van der Waals surface area (Å²) < 4.78 is 43.4. The molecule has 1 heterocycles. The zero-order valence-electron chi connectivity index (χ0n) is 21.0. The number of nitrogens with one attached hydrogen (secondary N) is 1. The first kappa shape index (κ1) is 27.2. The van der Waals surface area contributed by atoms with Crippen LogP contribution in [-0.4, -0.2) is 52.0 Å². The van der Waals surface area contributed by atoms with Crippen molar-refractivity contribution in [2.45, 2.75) is 45.8 Å². The molecule has 0 aliphatic heterocycles. The highest BCUT2D eigenvalue weighted by Gasteiger charge is 2.39. The molecule has 0 radical (unpaired) electrons. The fourth-order valence-electron chi connectivity index (χ4n) is 4.08. The molecule has 0 bridgehead atoms. The van der Waals surface area contributed by atoms with E-state index < -0.39 is 41.8 Å². The first-order valence-electron chi connectivity index (χ1n) is 11.8. The second-order valence-corrected chi connectivity index (χ2v) is 9.78. The lowest BCUT2D eigenvalue weighted by atomic mass is 9.84. The highest BCUT2D eigenvalue weighted by Crippen LogP contribution is 2.38. The summed E-state index contributed by atoms with van der Waals surface area (Å²) >= 11 is 0. The highest BCUT2D eigenvalue weighted by atomic mass is 19.1. The molecule has 2 aromatic carbocycles. The highest BCUT2D eigenvalue weighted by molar-refractivity contribution is 5.74. The minimum atomic E-state index is -0.725. The number of rotatable bonds is 9. The van der Waals surface area contributed by atoms with Crippen molar-refractivity contribution in [3.8, 4) is 11.4 Å². The van der Waals surface area contributed by atoms with Crippen LogP contribution in [-0.2, 0) is 6.54 Å². The minimum Gasteiger partial charge on any atom is -0.341 e. The molecule has 0 saturated heterocycles. The zero-order valence-corrected chi connectivity index (χ0v) is 21.0. The summed E-state index contributed by atoms with van der Waals surface area (Å²) in [5.74, 6) is -0.886. The van der Waals surface area contributed by atoms with Crippen LogP contribution in [0, 0.1) is 17.0 Å². The van der Waals surface area contributed by atoms with Crippen LogP contribution in [0.4, 0.5) is 18.0 Å². The third-order valence-electron chi connectivity index (χ3n) is 5.84.